The molecule has 0 fully saturated rings. The van der Waals surface area contributed by atoms with Crippen LogP contribution in [-0.4, -0.2) is 40.1 Å². The van der Waals surface area contributed by atoms with E-state index in [9.17, 15) is 8.42 Å². The molecule has 1 unspecified atom stereocenters. The molecule has 0 aliphatic heterocycles. The smallest absolute Gasteiger partial charge is 0.241 e. The average Bonchev–Trinajstić information content (AvgIpc) is 2.65. The minimum absolute atomic E-state index is 0.0858. The summed E-state index contributed by atoms with van der Waals surface area (Å²) in [6.45, 7) is 6.04. The number of ether oxygens (including phenoxy) is 1. The molecule has 0 bridgehead atoms. The Morgan fingerprint density at radius 3 is 2.42 bits per heavy atom. The number of nitrogens with zero attached hydrogens (tertiary/aromatic N) is 1. The van der Waals surface area contributed by atoms with E-state index in [0.717, 1.165) is 24.4 Å². The van der Waals surface area contributed by atoms with Crippen molar-refractivity contribution < 1.29 is 13.2 Å². The summed E-state index contributed by atoms with van der Waals surface area (Å²) >= 11 is 3.31. The zero-order valence-electron chi connectivity index (χ0n) is 15.3. The number of hydrogen-bond acceptors (Lipinski definition) is 4. The number of methoxy groups -OCH3 is 1. The normalized spacial score (nSPS) is 13.0. The molecule has 0 spiro atoms. The Labute approximate surface area is 164 Å². The first kappa shape index (κ1) is 20.9. The summed E-state index contributed by atoms with van der Waals surface area (Å²) in [6, 6.07) is 14.5. The van der Waals surface area contributed by atoms with Crippen molar-refractivity contribution in [3.05, 3.63) is 58.6 Å². The molecule has 0 aliphatic carbocycles. The van der Waals surface area contributed by atoms with Crippen LogP contribution in [0.15, 0.2) is 57.9 Å². The van der Waals surface area contributed by atoms with Crippen LogP contribution < -0.4 is 9.46 Å². The van der Waals surface area contributed by atoms with Crippen molar-refractivity contribution in [2.75, 3.05) is 26.7 Å². The average molecular weight is 441 g/mol. The summed E-state index contributed by atoms with van der Waals surface area (Å²) in [7, 11) is -1.99. The molecule has 142 valence electrons. The van der Waals surface area contributed by atoms with Crippen molar-refractivity contribution in [2.45, 2.75) is 24.8 Å². The molecule has 0 heterocycles. The molecule has 0 aromatic heterocycles. The van der Waals surface area contributed by atoms with E-state index in [0.29, 0.717) is 4.47 Å². The topological polar surface area (TPSA) is 58.6 Å². The van der Waals surface area contributed by atoms with Gasteiger partial charge in [0.1, 0.15) is 5.75 Å². The van der Waals surface area contributed by atoms with Crippen LogP contribution in [-0.2, 0) is 10.0 Å². The van der Waals surface area contributed by atoms with Crippen LogP contribution in [0, 0.1) is 0 Å². The maximum Gasteiger partial charge on any atom is 0.241 e. The molecule has 2 aromatic carbocycles. The van der Waals surface area contributed by atoms with E-state index >= 15 is 0 Å². The van der Waals surface area contributed by atoms with Crippen molar-refractivity contribution in [2.24, 2.45) is 0 Å². The fourth-order valence-corrected chi connectivity index (χ4v) is 4.94. The molecule has 7 heteroatoms. The van der Waals surface area contributed by atoms with E-state index in [1.165, 1.54) is 0 Å². The maximum atomic E-state index is 12.7. The lowest BCUT2D eigenvalue weighted by atomic mass is 10.0. The van der Waals surface area contributed by atoms with Gasteiger partial charge in [-0.3, -0.25) is 4.90 Å². The van der Waals surface area contributed by atoms with Crippen molar-refractivity contribution in [3.8, 4) is 5.75 Å². The number of nitrogens with one attached hydrogen (secondary N) is 1. The van der Waals surface area contributed by atoms with Gasteiger partial charge in [0.15, 0.2) is 0 Å². The molecule has 2 aromatic rings. The fraction of sp³-hybridized carbons (Fsp3) is 0.368. The first-order valence-electron chi connectivity index (χ1n) is 8.55. The lowest BCUT2D eigenvalue weighted by Crippen LogP contribution is -2.38. The SMILES string of the molecule is CCN(CC)C(CNS(=O)(=O)c1ccccc1Br)c1cccc(OC)c1. The van der Waals surface area contributed by atoms with E-state index in [1.807, 2.05) is 24.3 Å². The Morgan fingerprint density at radius 2 is 1.81 bits per heavy atom. The van der Waals surface area contributed by atoms with Gasteiger partial charge in [-0.1, -0.05) is 38.1 Å². The zero-order chi connectivity index (χ0) is 19.2. The molecule has 1 N–H and O–H groups in total. The van der Waals surface area contributed by atoms with E-state index in [2.05, 4.69) is 39.4 Å². The van der Waals surface area contributed by atoms with Gasteiger partial charge in [0.25, 0.3) is 0 Å². The molecular formula is C19H25BrN2O3S. The molecule has 2 rings (SSSR count). The Bertz CT molecular complexity index is 823. The molecule has 26 heavy (non-hydrogen) atoms. The number of halogens is 1. The highest BCUT2D eigenvalue weighted by molar-refractivity contribution is 9.10. The van der Waals surface area contributed by atoms with Gasteiger partial charge in [-0.25, -0.2) is 13.1 Å². The van der Waals surface area contributed by atoms with Crippen molar-refractivity contribution in [1.82, 2.24) is 9.62 Å². The lowest BCUT2D eigenvalue weighted by molar-refractivity contribution is 0.219. The third-order valence-corrected chi connectivity index (χ3v) is 6.76. The maximum absolute atomic E-state index is 12.7. The number of sulfonamides is 1. The lowest BCUT2D eigenvalue weighted by Gasteiger charge is -2.30. The summed E-state index contributed by atoms with van der Waals surface area (Å²) in [4.78, 5) is 2.46. The Balaban J connectivity index is 2.28. The quantitative estimate of drug-likeness (QED) is 0.643. The third-order valence-electron chi connectivity index (χ3n) is 4.32. The molecule has 1 atom stereocenters. The van der Waals surface area contributed by atoms with Gasteiger partial charge in [-0.2, -0.15) is 0 Å². The fourth-order valence-electron chi connectivity index (χ4n) is 2.90. The summed E-state index contributed by atoms with van der Waals surface area (Å²) < 4.78 is 34.1. The first-order chi connectivity index (χ1) is 12.4. The predicted molar refractivity (Wildman–Crippen MR) is 108 cm³/mol. The Morgan fingerprint density at radius 1 is 1.12 bits per heavy atom. The Kier molecular flexibility index (Phi) is 7.64. The number of hydrogen-bond donors (Lipinski definition) is 1. The van der Waals surface area contributed by atoms with Crippen molar-refractivity contribution in [3.63, 3.8) is 0 Å². The third kappa shape index (κ3) is 5.07. The summed E-state index contributed by atoms with van der Waals surface area (Å²) in [6.07, 6.45) is 0. The van der Waals surface area contributed by atoms with Gasteiger partial charge in [-0.05, 0) is 58.8 Å². The second-order valence-corrected chi connectivity index (χ2v) is 8.39. The summed E-state index contributed by atoms with van der Waals surface area (Å²) in [5, 5.41) is 0. The van der Waals surface area contributed by atoms with Crippen LogP contribution in [0.3, 0.4) is 0 Å². The van der Waals surface area contributed by atoms with Gasteiger partial charge >= 0.3 is 0 Å². The predicted octanol–water partition coefficient (Wildman–Crippen LogP) is 3.82. The van der Waals surface area contributed by atoms with Gasteiger partial charge in [0.05, 0.1) is 12.0 Å². The first-order valence-corrected chi connectivity index (χ1v) is 10.8. The molecule has 5 nitrogen and oxygen atoms in total. The van der Waals surface area contributed by atoms with Crippen LogP contribution in [0.25, 0.3) is 0 Å². The van der Waals surface area contributed by atoms with E-state index in [1.54, 1.807) is 31.4 Å². The van der Waals surface area contributed by atoms with Crippen LogP contribution in [0.5, 0.6) is 5.75 Å². The van der Waals surface area contributed by atoms with Crippen LogP contribution in [0.2, 0.25) is 0 Å². The van der Waals surface area contributed by atoms with E-state index in [4.69, 9.17) is 4.74 Å². The Hall–Kier alpha value is -1.41. The highest BCUT2D eigenvalue weighted by atomic mass is 79.9. The van der Waals surface area contributed by atoms with Crippen LogP contribution in [0.4, 0.5) is 0 Å². The second kappa shape index (κ2) is 9.50. The number of rotatable bonds is 9. The molecule has 0 saturated heterocycles. The molecule has 0 saturated carbocycles. The zero-order valence-corrected chi connectivity index (χ0v) is 17.7. The molecule has 0 radical (unpaired) electrons. The van der Waals surface area contributed by atoms with Gasteiger partial charge < -0.3 is 4.74 Å². The highest BCUT2D eigenvalue weighted by Gasteiger charge is 2.23. The highest BCUT2D eigenvalue weighted by Crippen LogP contribution is 2.25. The van der Waals surface area contributed by atoms with Gasteiger partial charge in [0, 0.05) is 17.1 Å². The largest absolute Gasteiger partial charge is 0.497 e. The monoisotopic (exact) mass is 440 g/mol. The minimum atomic E-state index is -3.61. The molecular weight excluding hydrogens is 416 g/mol. The second-order valence-electron chi connectivity index (χ2n) is 5.80. The van der Waals surface area contributed by atoms with Crippen molar-refractivity contribution >= 4 is 26.0 Å². The molecule has 0 aliphatic rings. The van der Waals surface area contributed by atoms with Gasteiger partial charge in [-0.15, -0.1) is 0 Å². The van der Waals surface area contributed by atoms with Gasteiger partial charge in [0.2, 0.25) is 10.0 Å². The minimum Gasteiger partial charge on any atom is -0.497 e. The van der Waals surface area contributed by atoms with Crippen LogP contribution >= 0.6 is 15.9 Å². The number of likely N-dealkylation sites (N-methyl/N-ethyl adjacent to an activating group) is 1. The summed E-state index contributed by atoms with van der Waals surface area (Å²) in [5.74, 6) is 0.758. The summed E-state index contributed by atoms with van der Waals surface area (Å²) in [5.41, 5.74) is 1.02. The standard InChI is InChI=1S/C19H25BrN2O3S/c1-4-22(5-2)18(15-9-8-10-16(13-15)25-3)14-21-26(23,24)19-12-7-6-11-17(19)20/h6-13,18,21H,4-5,14H2,1-3H3. The van der Waals surface area contributed by atoms with E-state index in [-0.39, 0.29) is 17.5 Å². The van der Waals surface area contributed by atoms with Crippen molar-refractivity contribution in [1.29, 1.82) is 0 Å². The van der Waals surface area contributed by atoms with Crippen LogP contribution in [0.1, 0.15) is 25.5 Å². The van der Waals surface area contributed by atoms with E-state index < -0.39 is 10.0 Å². The molecule has 0 amide bonds. The number of benzene rings is 2.